The van der Waals surface area contributed by atoms with Crippen LogP contribution in [0.1, 0.15) is 31.0 Å². The molecule has 1 saturated heterocycles. The number of aryl methyl sites for hydroxylation is 1. The van der Waals surface area contributed by atoms with Gasteiger partial charge in [-0.1, -0.05) is 36.4 Å². The van der Waals surface area contributed by atoms with E-state index in [1.807, 2.05) is 41.6 Å². The number of aromatic nitrogens is 2. The van der Waals surface area contributed by atoms with E-state index in [1.54, 1.807) is 6.33 Å². The quantitative estimate of drug-likeness (QED) is 0.732. The monoisotopic (exact) mass is 333 g/mol. The van der Waals surface area contributed by atoms with Crippen molar-refractivity contribution in [1.29, 1.82) is 0 Å². The molecule has 2 heterocycles. The van der Waals surface area contributed by atoms with Crippen LogP contribution in [0.4, 0.5) is 0 Å². The van der Waals surface area contributed by atoms with E-state index in [0.717, 1.165) is 42.6 Å². The van der Waals surface area contributed by atoms with Crippen LogP contribution in [-0.4, -0.2) is 33.4 Å². The third kappa shape index (κ3) is 2.62. The SMILES string of the molecule is Cc1cn(C(C)(C(=O)N2CCCC2)c2ccc3ccccc3c2)cn1. The zero-order valence-corrected chi connectivity index (χ0v) is 14.8. The van der Waals surface area contributed by atoms with Gasteiger partial charge in [-0.05, 0) is 49.1 Å². The zero-order chi connectivity index (χ0) is 17.4. The summed E-state index contributed by atoms with van der Waals surface area (Å²) in [4.78, 5) is 19.9. The molecule has 1 aliphatic heterocycles. The predicted molar refractivity (Wildman–Crippen MR) is 99.5 cm³/mol. The lowest BCUT2D eigenvalue weighted by Gasteiger charge is -2.34. The Hall–Kier alpha value is -2.62. The van der Waals surface area contributed by atoms with Gasteiger partial charge in [-0.2, -0.15) is 0 Å². The number of carbonyl (C=O) groups is 1. The molecule has 1 amide bonds. The molecule has 1 fully saturated rings. The summed E-state index contributed by atoms with van der Waals surface area (Å²) in [7, 11) is 0. The third-order valence-electron chi connectivity index (χ3n) is 5.35. The number of amides is 1. The second-order valence-corrected chi connectivity index (χ2v) is 7.06. The molecule has 0 radical (unpaired) electrons. The Morgan fingerprint density at radius 2 is 1.80 bits per heavy atom. The van der Waals surface area contributed by atoms with Crippen molar-refractivity contribution in [1.82, 2.24) is 14.5 Å². The minimum atomic E-state index is -0.782. The number of hydrogen-bond donors (Lipinski definition) is 0. The van der Waals surface area contributed by atoms with Crippen molar-refractivity contribution >= 4 is 16.7 Å². The summed E-state index contributed by atoms with van der Waals surface area (Å²) < 4.78 is 1.97. The molecule has 0 bridgehead atoms. The number of carbonyl (C=O) groups excluding carboxylic acids is 1. The number of likely N-dealkylation sites (tertiary alicyclic amines) is 1. The van der Waals surface area contributed by atoms with E-state index in [4.69, 9.17) is 0 Å². The fraction of sp³-hybridized carbons (Fsp3) is 0.333. The van der Waals surface area contributed by atoms with E-state index in [-0.39, 0.29) is 5.91 Å². The van der Waals surface area contributed by atoms with E-state index >= 15 is 0 Å². The van der Waals surface area contributed by atoms with Gasteiger partial charge in [0.25, 0.3) is 5.91 Å². The smallest absolute Gasteiger partial charge is 0.253 e. The minimum absolute atomic E-state index is 0.151. The van der Waals surface area contributed by atoms with Gasteiger partial charge in [0.1, 0.15) is 5.54 Å². The van der Waals surface area contributed by atoms with Gasteiger partial charge >= 0.3 is 0 Å². The van der Waals surface area contributed by atoms with Gasteiger partial charge < -0.3 is 9.47 Å². The topological polar surface area (TPSA) is 38.1 Å². The average Bonchev–Trinajstić information content (AvgIpc) is 3.32. The molecule has 1 aromatic heterocycles. The second kappa shape index (κ2) is 6.03. The van der Waals surface area contributed by atoms with Crippen molar-refractivity contribution in [3.8, 4) is 0 Å². The molecule has 0 aliphatic carbocycles. The van der Waals surface area contributed by atoms with Crippen molar-refractivity contribution in [3.63, 3.8) is 0 Å². The number of hydrogen-bond acceptors (Lipinski definition) is 2. The molecule has 0 N–H and O–H groups in total. The van der Waals surface area contributed by atoms with E-state index in [0.29, 0.717) is 0 Å². The number of fused-ring (bicyclic) bond motifs is 1. The van der Waals surface area contributed by atoms with Gasteiger partial charge in [0.05, 0.1) is 12.0 Å². The first kappa shape index (κ1) is 15.9. The fourth-order valence-corrected chi connectivity index (χ4v) is 3.77. The van der Waals surface area contributed by atoms with Gasteiger partial charge in [-0.3, -0.25) is 4.79 Å². The molecule has 25 heavy (non-hydrogen) atoms. The normalized spacial score (nSPS) is 17.0. The van der Waals surface area contributed by atoms with Crippen LogP contribution < -0.4 is 0 Å². The summed E-state index contributed by atoms with van der Waals surface area (Å²) in [5, 5.41) is 2.33. The molecule has 4 rings (SSSR count). The van der Waals surface area contributed by atoms with Gasteiger partial charge in [0, 0.05) is 19.3 Å². The van der Waals surface area contributed by atoms with Gasteiger partial charge in [-0.15, -0.1) is 0 Å². The van der Waals surface area contributed by atoms with Gasteiger partial charge in [0.15, 0.2) is 0 Å². The van der Waals surface area contributed by atoms with Crippen molar-refractivity contribution in [2.45, 2.75) is 32.2 Å². The third-order valence-corrected chi connectivity index (χ3v) is 5.35. The summed E-state index contributed by atoms with van der Waals surface area (Å²) in [6.45, 7) is 5.65. The Morgan fingerprint density at radius 3 is 2.48 bits per heavy atom. The molecule has 0 saturated carbocycles. The summed E-state index contributed by atoms with van der Waals surface area (Å²) in [6, 6.07) is 14.6. The number of benzene rings is 2. The van der Waals surface area contributed by atoms with Crippen LogP contribution in [0.3, 0.4) is 0 Å². The van der Waals surface area contributed by atoms with E-state index in [9.17, 15) is 4.79 Å². The number of nitrogens with zero attached hydrogens (tertiary/aromatic N) is 3. The van der Waals surface area contributed by atoms with Crippen LogP contribution in [0.25, 0.3) is 10.8 Å². The maximum atomic E-state index is 13.5. The van der Waals surface area contributed by atoms with E-state index in [1.165, 1.54) is 5.39 Å². The van der Waals surface area contributed by atoms with Gasteiger partial charge in [-0.25, -0.2) is 4.98 Å². The molecular formula is C21H23N3O. The molecule has 2 aromatic carbocycles. The molecule has 4 heteroatoms. The van der Waals surface area contributed by atoms with Crippen LogP contribution in [-0.2, 0) is 10.3 Å². The molecule has 1 unspecified atom stereocenters. The van der Waals surface area contributed by atoms with Crippen molar-refractivity contribution in [2.24, 2.45) is 0 Å². The Balaban J connectivity index is 1.87. The van der Waals surface area contributed by atoms with Crippen LogP contribution in [0.15, 0.2) is 55.0 Å². The van der Waals surface area contributed by atoms with Crippen molar-refractivity contribution in [3.05, 3.63) is 66.2 Å². The molecular weight excluding hydrogens is 310 g/mol. The van der Waals surface area contributed by atoms with Crippen LogP contribution in [0.2, 0.25) is 0 Å². The summed E-state index contributed by atoms with van der Waals surface area (Å²) in [5.74, 6) is 0.151. The number of imidazole rings is 1. The maximum absolute atomic E-state index is 13.5. The van der Waals surface area contributed by atoms with Gasteiger partial charge in [0.2, 0.25) is 0 Å². The fourth-order valence-electron chi connectivity index (χ4n) is 3.77. The molecule has 128 valence electrons. The minimum Gasteiger partial charge on any atom is -0.340 e. The summed E-state index contributed by atoms with van der Waals surface area (Å²) >= 11 is 0. The first-order chi connectivity index (χ1) is 12.1. The molecule has 1 atom stereocenters. The lowest BCUT2D eigenvalue weighted by molar-refractivity contribution is -0.137. The van der Waals surface area contributed by atoms with Crippen LogP contribution in [0.5, 0.6) is 0 Å². The molecule has 0 spiro atoms. The van der Waals surface area contributed by atoms with Crippen LogP contribution >= 0.6 is 0 Å². The molecule has 1 aliphatic rings. The zero-order valence-electron chi connectivity index (χ0n) is 14.8. The Labute approximate surface area is 148 Å². The maximum Gasteiger partial charge on any atom is 0.253 e. The predicted octanol–water partition coefficient (Wildman–Crippen LogP) is 3.73. The highest BCUT2D eigenvalue weighted by Gasteiger charge is 2.41. The van der Waals surface area contributed by atoms with Crippen molar-refractivity contribution in [2.75, 3.05) is 13.1 Å². The van der Waals surface area contributed by atoms with Crippen molar-refractivity contribution < 1.29 is 4.79 Å². The highest BCUT2D eigenvalue weighted by molar-refractivity contribution is 5.91. The highest BCUT2D eigenvalue weighted by Crippen LogP contribution is 2.32. The lowest BCUT2D eigenvalue weighted by Crippen LogP contribution is -2.48. The summed E-state index contributed by atoms with van der Waals surface area (Å²) in [5.41, 5.74) is 1.14. The Morgan fingerprint density at radius 1 is 1.08 bits per heavy atom. The standard InChI is InChI=1S/C21H23N3O/c1-16-14-24(15-22-16)21(2,20(25)23-11-5-6-12-23)19-10-9-17-7-3-4-8-18(17)13-19/h3-4,7-10,13-15H,5-6,11-12H2,1-2H3. The highest BCUT2D eigenvalue weighted by atomic mass is 16.2. The lowest BCUT2D eigenvalue weighted by atomic mass is 9.88. The first-order valence-electron chi connectivity index (χ1n) is 8.89. The van der Waals surface area contributed by atoms with E-state index < -0.39 is 5.54 Å². The van der Waals surface area contributed by atoms with Crippen LogP contribution in [0, 0.1) is 6.92 Å². The molecule has 3 aromatic rings. The Kier molecular flexibility index (Phi) is 3.83. The first-order valence-corrected chi connectivity index (χ1v) is 8.89. The largest absolute Gasteiger partial charge is 0.340 e. The second-order valence-electron chi connectivity index (χ2n) is 7.06. The number of rotatable bonds is 3. The molecule has 4 nitrogen and oxygen atoms in total. The summed E-state index contributed by atoms with van der Waals surface area (Å²) in [6.07, 6.45) is 5.91. The average molecular weight is 333 g/mol. The Bertz CT molecular complexity index is 924. The van der Waals surface area contributed by atoms with E-state index in [2.05, 4.69) is 35.3 Å².